The summed E-state index contributed by atoms with van der Waals surface area (Å²) >= 11 is 0. The van der Waals surface area contributed by atoms with Crippen LogP contribution >= 0.6 is 0 Å². The number of hydrogen-bond donors (Lipinski definition) is 1. The number of carbonyl (C=O) groups is 1. The molecule has 0 atom stereocenters. The number of furan rings is 1. The van der Waals surface area contributed by atoms with Crippen molar-refractivity contribution in [3.8, 4) is 23.0 Å². The zero-order chi connectivity index (χ0) is 17.8. The van der Waals surface area contributed by atoms with Gasteiger partial charge in [-0.05, 0) is 24.3 Å². The third kappa shape index (κ3) is 3.34. The van der Waals surface area contributed by atoms with Crippen LogP contribution in [0.1, 0.15) is 10.6 Å². The van der Waals surface area contributed by atoms with E-state index in [1.807, 2.05) is 6.07 Å². The molecule has 0 radical (unpaired) electrons. The van der Waals surface area contributed by atoms with Crippen molar-refractivity contribution in [2.24, 2.45) is 0 Å². The van der Waals surface area contributed by atoms with Crippen molar-refractivity contribution in [2.75, 3.05) is 6.54 Å². The van der Waals surface area contributed by atoms with Gasteiger partial charge in [-0.3, -0.25) is 9.78 Å². The molecule has 1 N–H and O–H groups in total. The van der Waals surface area contributed by atoms with E-state index in [0.717, 1.165) is 5.56 Å². The number of carbonyl (C=O) groups excluding carboxylic acids is 1. The summed E-state index contributed by atoms with van der Waals surface area (Å²) in [6.07, 6.45) is 6.43. The molecule has 26 heavy (non-hydrogen) atoms. The number of amides is 1. The molecular formula is C16H13N7O3. The maximum absolute atomic E-state index is 11.8. The Labute approximate surface area is 146 Å². The van der Waals surface area contributed by atoms with Gasteiger partial charge in [0.25, 0.3) is 11.8 Å². The highest BCUT2D eigenvalue weighted by Crippen LogP contribution is 2.19. The molecule has 0 aliphatic heterocycles. The summed E-state index contributed by atoms with van der Waals surface area (Å²) in [6.45, 7) is 0.802. The topological polar surface area (TPSA) is 125 Å². The monoisotopic (exact) mass is 351 g/mol. The van der Waals surface area contributed by atoms with Crippen LogP contribution in [0.5, 0.6) is 0 Å². The van der Waals surface area contributed by atoms with Crippen LogP contribution in [-0.2, 0) is 6.54 Å². The lowest BCUT2D eigenvalue weighted by atomic mass is 10.3. The summed E-state index contributed by atoms with van der Waals surface area (Å²) < 4.78 is 11.8. The van der Waals surface area contributed by atoms with Crippen molar-refractivity contribution in [1.82, 2.24) is 35.4 Å². The highest BCUT2D eigenvalue weighted by molar-refractivity contribution is 5.91. The van der Waals surface area contributed by atoms with Crippen molar-refractivity contribution < 1.29 is 13.7 Å². The summed E-state index contributed by atoms with van der Waals surface area (Å²) in [5.74, 6) is 0.662. The summed E-state index contributed by atoms with van der Waals surface area (Å²) in [7, 11) is 0. The van der Waals surface area contributed by atoms with Crippen LogP contribution in [0.3, 0.4) is 0 Å². The molecule has 10 nitrogen and oxygen atoms in total. The SMILES string of the molecule is O=C(NCCn1cc(-c2nc(-c3cccnc3)no2)nn1)c1ccco1. The predicted molar refractivity (Wildman–Crippen MR) is 87.6 cm³/mol. The summed E-state index contributed by atoms with van der Waals surface area (Å²) in [6, 6.07) is 6.87. The minimum Gasteiger partial charge on any atom is -0.459 e. The zero-order valence-electron chi connectivity index (χ0n) is 13.4. The van der Waals surface area contributed by atoms with Crippen LogP contribution in [0.2, 0.25) is 0 Å². The molecule has 4 heterocycles. The minimum atomic E-state index is -0.284. The average Bonchev–Trinajstić information content (AvgIpc) is 3.42. The summed E-state index contributed by atoms with van der Waals surface area (Å²) in [5, 5.41) is 14.6. The highest BCUT2D eigenvalue weighted by atomic mass is 16.5. The second-order valence-corrected chi connectivity index (χ2v) is 5.26. The van der Waals surface area contributed by atoms with Gasteiger partial charge in [-0.2, -0.15) is 4.98 Å². The van der Waals surface area contributed by atoms with Crippen LogP contribution in [0.15, 0.2) is 58.1 Å². The van der Waals surface area contributed by atoms with Crippen molar-refractivity contribution in [3.63, 3.8) is 0 Å². The van der Waals surface area contributed by atoms with Crippen molar-refractivity contribution >= 4 is 5.91 Å². The van der Waals surface area contributed by atoms with E-state index in [-0.39, 0.29) is 17.6 Å². The Hall–Kier alpha value is -3.82. The molecule has 0 aliphatic carbocycles. The Kier molecular flexibility index (Phi) is 4.21. The molecule has 0 saturated heterocycles. The standard InChI is InChI=1S/C16H13N7O3/c24-15(13-4-2-8-25-13)18-6-7-23-10-12(20-22-23)16-19-14(21-26-16)11-3-1-5-17-9-11/h1-5,8-10H,6-7H2,(H,18,24). The van der Waals surface area contributed by atoms with Gasteiger partial charge in [-0.15, -0.1) is 5.10 Å². The van der Waals surface area contributed by atoms with E-state index in [9.17, 15) is 4.79 Å². The third-order valence-corrected chi connectivity index (χ3v) is 3.47. The first-order chi connectivity index (χ1) is 12.8. The number of rotatable bonds is 6. The Morgan fingerprint density at radius 2 is 2.23 bits per heavy atom. The lowest BCUT2D eigenvalue weighted by Crippen LogP contribution is -2.27. The van der Waals surface area contributed by atoms with Crippen molar-refractivity contribution in [1.29, 1.82) is 0 Å². The van der Waals surface area contributed by atoms with Gasteiger partial charge in [-0.25, -0.2) is 4.68 Å². The first kappa shape index (κ1) is 15.7. The number of nitrogens with zero attached hydrogens (tertiary/aromatic N) is 6. The quantitative estimate of drug-likeness (QED) is 0.553. The summed E-state index contributed by atoms with van der Waals surface area (Å²) in [4.78, 5) is 20.1. The van der Waals surface area contributed by atoms with Crippen LogP contribution in [0.4, 0.5) is 0 Å². The second-order valence-electron chi connectivity index (χ2n) is 5.26. The Bertz CT molecular complexity index is 992. The Balaban J connectivity index is 1.37. The van der Waals surface area contributed by atoms with Gasteiger partial charge >= 0.3 is 0 Å². The summed E-state index contributed by atoms with van der Waals surface area (Å²) in [5.41, 5.74) is 1.19. The van der Waals surface area contributed by atoms with Gasteiger partial charge in [0.2, 0.25) is 5.82 Å². The Morgan fingerprint density at radius 3 is 3.04 bits per heavy atom. The van der Waals surface area contributed by atoms with E-state index in [4.69, 9.17) is 8.94 Å². The second kappa shape index (κ2) is 6.97. The smallest absolute Gasteiger partial charge is 0.287 e. The number of pyridine rings is 1. The molecule has 1 amide bonds. The van der Waals surface area contributed by atoms with Crippen LogP contribution in [0, 0.1) is 0 Å². The molecule has 4 aromatic heterocycles. The van der Waals surface area contributed by atoms with Gasteiger partial charge < -0.3 is 14.3 Å². The maximum Gasteiger partial charge on any atom is 0.287 e. The molecule has 4 aromatic rings. The van der Waals surface area contributed by atoms with Gasteiger partial charge in [0.05, 0.1) is 19.0 Å². The van der Waals surface area contributed by atoms with Crippen LogP contribution in [-0.4, -0.2) is 42.6 Å². The van der Waals surface area contributed by atoms with Crippen LogP contribution < -0.4 is 5.32 Å². The molecule has 0 aromatic carbocycles. The minimum absolute atomic E-state index is 0.259. The maximum atomic E-state index is 11.8. The molecule has 0 unspecified atom stereocenters. The number of aromatic nitrogens is 6. The molecular weight excluding hydrogens is 338 g/mol. The molecule has 4 rings (SSSR count). The molecule has 0 bridgehead atoms. The van der Waals surface area contributed by atoms with Crippen molar-refractivity contribution in [3.05, 3.63) is 54.9 Å². The molecule has 0 aliphatic rings. The first-order valence-electron chi connectivity index (χ1n) is 7.76. The van der Waals surface area contributed by atoms with E-state index in [2.05, 4.69) is 30.8 Å². The van der Waals surface area contributed by atoms with E-state index < -0.39 is 0 Å². The van der Waals surface area contributed by atoms with Gasteiger partial charge in [-0.1, -0.05) is 10.4 Å². The number of nitrogens with one attached hydrogen (secondary N) is 1. The highest BCUT2D eigenvalue weighted by Gasteiger charge is 2.14. The van der Waals surface area contributed by atoms with E-state index in [0.29, 0.717) is 24.6 Å². The molecule has 0 fully saturated rings. The van der Waals surface area contributed by atoms with Gasteiger partial charge in [0.1, 0.15) is 0 Å². The van der Waals surface area contributed by atoms with E-state index >= 15 is 0 Å². The third-order valence-electron chi connectivity index (χ3n) is 3.47. The van der Waals surface area contributed by atoms with Crippen molar-refractivity contribution in [2.45, 2.75) is 6.54 Å². The van der Waals surface area contributed by atoms with Gasteiger partial charge in [0, 0.05) is 24.5 Å². The zero-order valence-corrected chi connectivity index (χ0v) is 13.4. The first-order valence-corrected chi connectivity index (χ1v) is 7.76. The van der Waals surface area contributed by atoms with E-state index in [1.54, 1.807) is 41.5 Å². The fourth-order valence-corrected chi connectivity index (χ4v) is 2.22. The normalized spacial score (nSPS) is 10.8. The lowest BCUT2D eigenvalue weighted by Gasteiger charge is -2.02. The lowest BCUT2D eigenvalue weighted by molar-refractivity contribution is 0.0924. The fraction of sp³-hybridized carbons (Fsp3) is 0.125. The Morgan fingerprint density at radius 1 is 1.27 bits per heavy atom. The van der Waals surface area contributed by atoms with Gasteiger partial charge in [0.15, 0.2) is 11.5 Å². The largest absolute Gasteiger partial charge is 0.459 e. The van der Waals surface area contributed by atoms with E-state index in [1.165, 1.54) is 6.26 Å². The molecule has 0 saturated carbocycles. The number of hydrogen-bond acceptors (Lipinski definition) is 8. The molecule has 0 spiro atoms. The molecule has 10 heteroatoms. The average molecular weight is 351 g/mol. The predicted octanol–water partition coefficient (Wildman–Crippen LogP) is 1.41. The molecule has 130 valence electrons. The fourth-order valence-electron chi connectivity index (χ4n) is 2.22. The van der Waals surface area contributed by atoms with Crippen LogP contribution in [0.25, 0.3) is 23.0 Å².